The number of rotatable bonds is 1. The third-order valence-electron chi connectivity index (χ3n) is 3.39. The highest BCUT2D eigenvalue weighted by Gasteiger charge is 2.01. The summed E-state index contributed by atoms with van der Waals surface area (Å²) in [4.78, 5) is 19.1. The Morgan fingerprint density at radius 2 is 1.39 bits per heavy atom. The number of nitrogens with two attached hydrogens (primary N) is 1. The van der Waals surface area contributed by atoms with Gasteiger partial charge >= 0.3 is 0 Å². The maximum atomic E-state index is 10.8. The number of amides is 1. The van der Waals surface area contributed by atoms with E-state index in [9.17, 15) is 4.79 Å². The van der Waals surface area contributed by atoms with Gasteiger partial charge in [0.15, 0.2) is 0 Å². The van der Waals surface area contributed by atoms with Gasteiger partial charge < -0.3 is 5.73 Å². The fourth-order valence-electron chi connectivity index (χ4n) is 2.22. The number of carbonyl (C=O) groups excluding carboxylic acids is 1. The molecule has 0 aliphatic heterocycles. The fourth-order valence-corrected chi connectivity index (χ4v) is 2.22. The van der Waals surface area contributed by atoms with E-state index in [1.54, 1.807) is 6.07 Å². The Morgan fingerprint density at radius 3 is 2.09 bits per heavy atom. The van der Waals surface area contributed by atoms with Crippen molar-refractivity contribution in [2.24, 2.45) is 5.73 Å². The summed E-state index contributed by atoms with van der Waals surface area (Å²) in [6.45, 7) is 0. The standard InChI is InChI=1S/C10H8N2O.C9H7N/c11-10(13)8-5-7-3-1-2-4-9(7)12-6-8;1-2-6-9-8(4-1)5-3-7-10-9/h1-6H,(H2,11,13);1-7H. The van der Waals surface area contributed by atoms with Crippen molar-refractivity contribution in [3.63, 3.8) is 0 Å². The molecule has 0 saturated heterocycles. The summed E-state index contributed by atoms with van der Waals surface area (Å²) in [7, 11) is 0. The van der Waals surface area contributed by atoms with Crippen LogP contribution in [-0.2, 0) is 0 Å². The Labute approximate surface area is 133 Å². The minimum absolute atomic E-state index is 0.443. The second-order valence-electron chi connectivity index (χ2n) is 4.98. The monoisotopic (exact) mass is 301 g/mol. The van der Waals surface area contributed by atoms with Crippen LogP contribution in [-0.4, -0.2) is 15.9 Å². The molecular formula is C19H15N3O. The van der Waals surface area contributed by atoms with Crippen LogP contribution in [0.4, 0.5) is 0 Å². The first kappa shape index (κ1) is 14.7. The van der Waals surface area contributed by atoms with E-state index in [-0.39, 0.29) is 0 Å². The molecule has 2 N–H and O–H groups in total. The lowest BCUT2D eigenvalue weighted by Crippen LogP contribution is -2.10. The molecule has 0 unspecified atom stereocenters. The molecule has 0 aliphatic rings. The largest absolute Gasteiger partial charge is 0.366 e. The van der Waals surface area contributed by atoms with Gasteiger partial charge in [-0.05, 0) is 24.3 Å². The second-order valence-corrected chi connectivity index (χ2v) is 4.98. The van der Waals surface area contributed by atoms with Crippen LogP contribution in [0.15, 0.2) is 79.1 Å². The van der Waals surface area contributed by atoms with Gasteiger partial charge in [-0.2, -0.15) is 0 Å². The van der Waals surface area contributed by atoms with Crippen molar-refractivity contribution in [3.8, 4) is 0 Å². The average molecular weight is 301 g/mol. The summed E-state index contributed by atoms with van der Waals surface area (Å²) in [5.41, 5.74) is 7.50. The van der Waals surface area contributed by atoms with Gasteiger partial charge in [-0.25, -0.2) is 0 Å². The van der Waals surface area contributed by atoms with Crippen molar-refractivity contribution in [1.29, 1.82) is 0 Å². The van der Waals surface area contributed by atoms with Crippen LogP contribution in [0, 0.1) is 0 Å². The van der Waals surface area contributed by atoms with Crippen LogP contribution in [0.3, 0.4) is 0 Å². The predicted molar refractivity (Wildman–Crippen MR) is 92.0 cm³/mol. The maximum Gasteiger partial charge on any atom is 0.250 e. The van der Waals surface area contributed by atoms with Gasteiger partial charge in [-0.3, -0.25) is 14.8 Å². The first-order valence-corrected chi connectivity index (χ1v) is 7.18. The van der Waals surface area contributed by atoms with Crippen LogP contribution in [0.5, 0.6) is 0 Å². The highest BCUT2D eigenvalue weighted by atomic mass is 16.1. The van der Waals surface area contributed by atoms with Gasteiger partial charge in [0.1, 0.15) is 0 Å². The lowest BCUT2D eigenvalue weighted by Gasteiger charge is -1.97. The van der Waals surface area contributed by atoms with E-state index >= 15 is 0 Å². The predicted octanol–water partition coefficient (Wildman–Crippen LogP) is 3.57. The molecule has 2 aromatic carbocycles. The van der Waals surface area contributed by atoms with Crippen molar-refractivity contribution in [2.45, 2.75) is 0 Å². The van der Waals surface area contributed by atoms with Crippen LogP contribution in [0.1, 0.15) is 10.4 Å². The van der Waals surface area contributed by atoms with E-state index in [0.717, 1.165) is 16.4 Å². The molecule has 0 saturated carbocycles. The van der Waals surface area contributed by atoms with Gasteiger partial charge in [0.2, 0.25) is 5.91 Å². The van der Waals surface area contributed by atoms with Crippen molar-refractivity contribution in [1.82, 2.24) is 9.97 Å². The Kier molecular flexibility index (Phi) is 4.25. The Balaban J connectivity index is 0.000000140. The zero-order valence-electron chi connectivity index (χ0n) is 12.4. The van der Waals surface area contributed by atoms with Crippen molar-refractivity contribution >= 4 is 27.7 Å². The summed E-state index contributed by atoms with van der Waals surface area (Å²) < 4.78 is 0. The zero-order valence-corrected chi connectivity index (χ0v) is 12.4. The number of para-hydroxylation sites is 2. The van der Waals surface area contributed by atoms with E-state index in [2.05, 4.69) is 22.1 Å². The van der Waals surface area contributed by atoms with Crippen LogP contribution in [0.25, 0.3) is 21.8 Å². The van der Waals surface area contributed by atoms with Crippen LogP contribution < -0.4 is 5.73 Å². The average Bonchev–Trinajstić information content (AvgIpc) is 2.62. The number of pyridine rings is 2. The molecule has 0 fully saturated rings. The number of carbonyl (C=O) groups is 1. The van der Waals surface area contributed by atoms with E-state index in [1.807, 2.05) is 54.7 Å². The first-order chi connectivity index (χ1) is 11.2. The summed E-state index contributed by atoms with van der Waals surface area (Å²) >= 11 is 0. The molecule has 0 radical (unpaired) electrons. The number of fused-ring (bicyclic) bond motifs is 2. The summed E-state index contributed by atoms with van der Waals surface area (Å²) in [6, 6.07) is 21.4. The number of aromatic nitrogens is 2. The van der Waals surface area contributed by atoms with E-state index < -0.39 is 5.91 Å². The first-order valence-electron chi connectivity index (χ1n) is 7.18. The highest BCUT2D eigenvalue weighted by Crippen LogP contribution is 2.11. The molecule has 4 heteroatoms. The Bertz CT molecular complexity index is 901. The van der Waals surface area contributed by atoms with Crippen LogP contribution in [0.2, 0.25) is 0 Å². The lowest BCUT2D eigenvalue weighted by molar-refractivity contribution is 0.1000. The number of benzene rings is 2. The van der Waals surface area contributed by atoms with Gasteiger partial charge in [-0.1, -0.05) is 42.5 Å². The van der Waals surface area contributed by atoms with Gasteiger partial charge in [0.05, 0.1) is 16.6 Å². The Hall–Kier alpha value is -3.27. The molecule has 0 spiro atoms. The molecule has 23 heavy (non-hydrogen) atoms. The summed E-state index contributed by atoms with van der Waals surface area (Å²) in [6.07, 6.45) is 3.30. The molecule has 0 bridgehead atoms. The van der Waals surface area contributed by atoms with Crippen molar-refractivity contribution in [3.05, 3.63) is 84.7 Å². The number of hydrogen-bond acceptors (Lipinski definition) is 3. The third-order valence-corrected chi connectivity index (χ3v) is 3.39. The van der Waals surface area contributed by atoms with E-state index in [4.69, 9.17) is 5.73 Å². The second kappa shape index (κ2) is 6.66. The zero-order chi connectivity index (χ0) is 16.1. The quantitative estimate of drug-likeness (QED) is 0.584. The number of nitrogens with zero attached hydrogens (tertiary/aromatic N) is 2. The molecule has 4 aromatic rings. The van der Waals surface area contributed by atoms with Crippen molar-refractivity contribution in [2.75, 3.05) is 0 Å². The summed E-state index contributed by atoms with van der Waals surface area (Å²) in [5, 5.41) is 2.13. The molecular weight excluding hydrogens is 286 g/mol. The lowest BCUT2D eigenvalue weighted by atomic mass is 10.1. The SMILES string of the molecule is NC(=O)c1cnc2ccccc2c1.c1ccc2ncccc2c1. The van der Waals surface area contributed by atoms with Crippen molar-refractivity contribution < 1.29 is 4.79 Å². The molecule has 112 valence electrons. The number of primary amides is 1. The van der Waals surface area contributed by atoms with Gasteiger partial charge in [0, 0.05) is 23.2 Å². The topological polar surface area (TPSA) is 68.9 Å². The van der Waals surface area contributed by atoms with Crippen LogP contribution >= 0.6 is 0 Å². The highest BCUT2D eigenvalue weighted by molar-refractivity contribution is 5.96. The summed E-state index contributed by atoms with van der Waals surface area (Å²) in [5.74, 6) is -0.446. The molecule has 2 aromatic heterocycles. The van der Waals surface area contributed by atoms with E-state index in [0.29, 0.717) is 5.56 Å². The minimum atomic E-state index is -0.446. The molecule has 0 aliphatic carbocycles. The Morgan fingerprint density at radius 1 is 0.783 bits per heavy atom. The molecule has 4 nitrogen and oxygen atoms in total. The molecule has 0 atom stereocenters. The normalized spacial score (nSPS) is 10.1. The fraction of sp³-hybridized carbons (Fsp3) is 0. The molecule has 2 heterocycles. The van der Waals surface area contributed by atoms with Gasteiger partial charge in [0.25, 0.3) is 0 Å². The molecule has 1 amide bonds. The number of hydrogen-bond donors (Lipinski definition) is 1. The minimum Gasteiger partial charge on any atom is -0.366 e. The molecule has 4 rings (SSSR count). The van der Waals surface area contributed by atoms with E-state index in [1.165, 1.54) is 11.6 Å². The maximum absolute atomic E-state index is 10.8. The smallest absolute Gasteiger partial charge is 0.250 e. The van der Waals surface area contributed by atoms with Gasteiger partial charge in [-0.15, -0.1) is 0 Å². The third kappa shape index (κ3) is 3.49.